The number of hydrogen-bond acceptors (Lipinski definition) is 3. The zero-order valence-electron chi connectivity index (χ0n) is 13.0. The largest absolute Gasteiger partial charge is 0.411 e. The van der Waals surface area contributed by atoms with Gasteiger partial charge in [-0.25, -0.2) is 0 Å². The van der Waals surface area contributed by atoms with Crippen LogP contribution in [0.25, 0.3) is 0 Å². The summed E-state index contributed by atoms with van der Waals surface area (Å²) in [5.74, 6) is 0. The molecule has 1 aliphatic rings. The molecule has 0 bridgehead atoms. The molecule has 18 heavy (non-hydrogen) atoms. The van der Waals surface area contributed by atoms with E-state index in [9.17, 15) is 0 Å². The van der Waals surface area contributed by atoms with E-state index in [4.69, 9.17) is 10.2 Å². The maximum absolute atomic E-state index is 6.43. The van der Waals surface area contributed by atoms with Crippen molar-refractivity contribution in [2.75, 3.05) is 26.2 Å². The number of likely N-dealkylation sites (tertiary alicyclic amines) is 1. The zero-order chi connectivity index (χ0) is 13.8. The molecule has 1 aliphatic heterocycles. The lowest BCUT2D eigenvalue weighted by Crippen LogP contribution is -2.50. The third-order valence-corrected chi connectivity index (χ3v) is 8.98. The molecule has 2 N–H and O–H groups in total. The third-order valence-electron chi connectivity index (χ3n) is 4.44. The lowest BCUT2D eigenvalue weighted by Gasteiger charge is -2.40. The van der Waals surface area contributed by atoms with Gasteiger partial charge in [0.2, 0.25) is 0 Å². The third kappa shape index (κ3) is 4.65. The van der Waals surface area contributed by atoms with E-state index in [1.807, 2.05) is 0 Å². The average Bonchev–Trinajstić information content (AvgIpc) is 2.27. The molecule has 0 spiro atoms. The summed E-state index contributed by atoms with van der Waals surface area (Å²) in [6.07, 6.45) is 4.26. The van der Waals surface area contributed by atoms with Crippen molar-refractivity contribution in [2.45, 2.75) is 64.3 Å². The van der Waals surface area contributed by atoms with Crippen molar-refractivity contribution in [3.63, 3.8) is 0 Å². The van der Waals surface area contributed by atoms with Crippen molar-refractivity contribution in [3.05, 3.63) is 0 Å². The molecule has 3 nitrogen and oxygen atoms in total. The van der Waals surface area contributed by atoms with Gasteiger partial charge in [0.1, 0.15) is 0 Å². The first-order chi connectivity index (χ1) is 8.26. The molecular formula is C14H32N2OSi. The van der Waals surface area contributed by atoms with Crippen LogP contribution in [-0.4, -0.2) is 45.5 Å². The molecule has 0 aliphatic carbocycles. The number of rotatable bonds is 5. The van der Waals surface area contributed by atoms with Crippen molar-refractivity contribution >= 4 is 8.32 Å². The lowest BCUT2D eigenvalue weighted by molar-refractivity contribution is 0.113. The van der Waals surface area contributed by atoms with Gasteiger partial charge in [0.25, 0.3) is 0 Å². The highest BCUT2D eigenvalue weighted by atomic mass is 28.4. The topological polar surface area (TPSA) is 38.5 Å². The minimum absolute atomic E-state index is 0.212. The van der Waals surface area contributed by atoms with Gasteiger partial charge >= 0.3 is 0 Å². The maximum atomic E-state index is 6.43. The molecular weight excluding hydrogens is 240 g/mol. The second-order valence-electron chi connectivity index (χ2n) is 7.10. The zero-order valence-corrected chi connectivity index (χ0v) is 14.0. The molecule has 4 heteroatoms. The Balaban J connectivity index is 2.50. The summed E-state index contributed by atoms with van der Waals surface area (Å²) in [6, 6.07) is 0. The Morgan fingerprint density at radius 2 is 1.72 bits per heavy atom. The van der Waals surface area contributed by atoms with Crippen LogP contribution >= 0.6 is 0 Å². The summed E-state index contributed by atoms with van der Waals surface area (Å²) in [6.45, 7) is 15.6. The van der Waals surface area contributed by atoms with Gasteiger partial charge in [-0.1, -0.05) is 27.2 Å². The van der Waals surface area contributed by atoms with E-state index in [-0.39, 0.29) is 11.1 Å². The van der Waals surface area contributed by atoms with Crippen molar-refractivity contribution in [1.82, 2.24) is 4.90 Å². The molecule has 1 fully saturated rings. The van der Waals surface area contributed by atoms with Gasteiger partial charge in [-0.3, -0.25) is 0 Å². The van der Waals surface area contributed by atoms with Gasteiger partial charge in [-0.2, -0.15) is 0 Å². The number of nitrogens with two attached hydrogens (primary N) is 1. The van der Waals surface area contributed by atoms with E-state index < -0.39 is 8.32 Å². The van der Waals surface area contributed by atoms with Gasteiger partial charge in [-0.05, 0) is 44.1 Å². The standard InChI is InChI=1S/C14H32N2OSi/c1-14(2,3)18(4,5)17-13(11-15)12-16-9-7-6-8-10-16/h13H,6-12,15H2,1-5H3. The van der Waals surface area contributed by atoms with Gasteiger partial charge in [0, 0.05) is 13.1 Å². The predicted molar refractivity (Wildman–Crippen MR) is 81.4 cm³/mol. The van der Waals surface area contributed by atoms with E-state index in [2.05, 4.69) is 38.8 Å². The van der Waals surface area contributed by atoms with E-state index >= 15 is 0 Å². The van der Waals surface area contributed by atoms with Crippen LogP contribution in [0.3, 0.4) is 0 Å². The highest BCUT2D eigenvalue weighted by molar-refractivity contribution is 6.74. The van der Waals surface area contributed by atoms with E-state index in [0.717, 1.165) is 6.54 Å². The summed E-state index contributed by atoms with van der Waals surface area (Å²) in [5.41, 5.74) is 5.91. The van der Waals surface area contributed by atoms with Crippen LogP contribution in [0.2, 0.25) is 18.1 Å². The summed E-state index contributed by atoms with van der Waals surface area (Å²) in [5, 5.41) is 0.266. The van der Waals surface area contributed by atoms with Crippen LogP contribution < -0.4 is 5.73 Å². The number of hydrogen-bond donors (Lipinski definition) is 1. The average molecular weight is 273 g/mol. The van der Waals surface area contributed by atoms with Crippen molar-refractivity contribution in [2.24, 2.45) is 5.73 Å². The van der Waals surface area contributed by atoms with E-state index in [1.165, 1.54) is 32.4 Å². The van der Waals surface area contributed by atoms with E-state index in [0.29, 0.717) is 6.54 Å². The first-order valence-corrected chi connectivity index (χ1v) is 10.3. The predicted octanol–water partition coefficient (Wildman–Crippen LogP) is 2.82. The minimum Gasteiger partial charge on any atom is -0.411 e. The second-order valence-corrected chi connectivity index (χ2v) is 11.9. The van der Waals surface area contributed by atoms with Crippen LogP contribution in [0.4, 0.5) is 0 Å². The van der Waals surface area contributed by atoms with Crippen molar-refractivity contribution in [3.8, 4) is 0 Å². The molecule has 1 rings (SSSR count). The van der Waals surface area contributed by atoms with Crippen LogP contribution in [0, 0.1) is 0 Å². The van der Waals surface area contributed by atoms with Gasteiger partial charge in [0.15, 0.2) is 8.32 Å². The molecule has 0 saturated carbocycles. The Kier molecular flexibility index (Phi) is 5.84. The fraction of sp³-hybridized carbons (Fsp3) is 1.00. The Hall–Kier alpha value is 0.0969. The molecule has 0 aromatic rings. The summed E-state index contributed by atoms with van der Waals surface area (Å²) in [4.78, 5) is 2.52. The van der Waals surface area contributed by atoms with Crippen LogP contribution in [0.15, 0.2) is 0 Å². The molecule has 0 radical (unpaired) electrons. The first kappa shape index (κ1) is 16.2. The van der Waals surface area contributed by atoms with Crippen molar-refractivity contribution in [1.29, 1.82) is 0 Å². The highest BCUT2D eigenvalue weighted by Gasteiger charge is 2.39. The van der Waals surface area contributed by atoms with Gasteiger partial charge in [-0.15, -0.1) is 0 Å². The first-order valence-electron chi connectivity index (χ1n) is 7.36. The quantitative estimate of drug-likeness (QED) is 0.782. The summed E-state index contributed by atoms with van der Waals surface area (Å²) in [7, 11) is -1.68. The van der Waals surface area contributed by atoms with Gasteiger partial charge in [0.05, 0.1) is 6.10 Å². The second kappa shape index (κ2) is 6.50. The fourth-order valence-corrected chi connectivity index (χ4v) is 3.54. The molecule has 1 heterocycles. The molecule has 1 saturated heterocycles. The monoisotopic (exact) mass is 272 g/mol. The maximum Gasteiger partial charge on any atom is 0.192 e. The smallest absolute Gasteiger partial charge is 0.192 e. The Morgan fingerprint density at radius 1 is 1.17 bits per heavy atom. The van der Waals surface area contributed by atoms with Crippen molar-refractivity contribution < 1.29 is 4.43 Å². The number of piperidine rings is 1. The van der Waals surface area contributed by atoms with Crippen LogP contribution in [0.5, 0.6) is 0 Å². The lowest BCUT2D eigenvalue weighted by atomic mass is 10.1. The molecule has 1 atom stereocenters. The fourth-order valence-electron chi connectivity index (χ4n) is 2.18. The van der Waals surface area contributed by atoms with Gasteiger partial charge < -0.3 is 15.1 Å². The summed E-state index contributed by atoms with van der Waals surface area (Å²) >= 11 is 0. The summed E-state index contributed by atoms with van der Waals surface area (Å²) < 4.78 is 6.43. The molecule has 1 unspecified atom stereocenters. The Bertz CT molecular complexity index is 245. The minimum atomic E-state index is -1.68. The van der Waals surface area contributed by atoms with Crippen LogP contribution in [0.1, 0.15) is 40.0 Å². The Labute approximate surface area is 114 Å². The molecule has 0 aromatic heterocycles. The molecule has 108 valence electrons. The Morgan fingerprint density at radius 3 is 2.17 bits per heavy atom. The SMILES string of the molecule is CC(C)(C)[Si](C)(C)OC(CN)CN1CCCCC1. The normalized spacial score (nSPS) is 21.0. The van der Waals surface area contributed by atoms with Crippen LogP contribution in [-0.2, 0) is 4.43 Å². The molecule has 0 aromatic carbocycles. The highest BCUT2D eigenvalue weighted by Crippen LogP contribution is 2.37. The number of nitrogens with zero attached hydrogens (tertiary/aromatic N) is 1. The molecule has 0 amide bonds. The van der Waals surface area contributed by atoms with E-state index in [1.54, 1.807) is 0 Å².